The standard InChI is InChI=1S/C12H14N2S/c1-2-5-10-6-3-4-7-11(10)14-12-13-8-9-15-12/h2-4,6-7H,1,5,8-9H2,(H,13,14). The van der Waals surface area contributed by atoms with Crippen molar-refractivity contribution in [3.8, 4) is 0 Å². The predicted octanol–water partition coefficient (Wildman–Crippen LogP) is 2.93. The lowest BCUT2D eigenvalue weighted by Gasteiger charge is -2.09. The summed E-state index contributed by atoms with van der Waals surface area (Å²) in [5, 5.41) is 4.39. The molecule has 0 aromatic heterocycles. The van der Waals surface area contributed by atoms with Gasteiger partial charge in [-0.15, -0.1) is 6.58 Å². The second kappa shape index (κ2) is 5.03. The maximum absolute atomic E-state index is 4.37. The Labute approximate surface area is 94.5 Å². The van der Waals surface area contributed by atoms with Gasteiger partial charge in [-0.2, -0.15) is 0 Å². The Hall–Kier alpha value is -1.22. The quantitative estimate of drug-likeness (QED) is 0.789. The molecule has 0 amide bonds. The third kappa shape index (κ3) is 2.63. The van der Waals surface area contributed by atoms with E-state index in [0.717, 1.165) is 29.6 Å². The van der Waals surface area contributed by atoms with Crippen molar-refractivity contribution >= 4 is 22.6 Å². The number of hydrogen-bond acceptors (Lipinski definition) is 3. The Balaban J connectivity index is 2.15. The van der Waals surface area contributed by atoms with E-state index in [9.17, 15) is 0 Å². The van der Waals surface area contributed by atoms with E-state index in [0.29, 0.717) is 0 Å². The molecule has 2 rings (SSSR count). The largest absolute Gasteiger partial charge is 0.335 e. The number of rotatable bonds is 3. The van der Waals surface area contributed by atoms with Crippen LogP contribution in [0.2, 0.25) is 0 Å². The summed E-state index contributed by atoms with van der Waals surface area (Å²) < 4.78 is 0. The van der Waals surface area contributed by atoms with Gasteiger partial charge in [0.05, 0.1) is 6.54 Å². The summed E-state index contributed by atoms with van der Waals surface area (Å²) in [5.74, 6) is 1.09. The highest BCUT2D eigenvalue weighted by atomic mass is 32.2. The molecule has 0 spiro atoms. The molecule has 1 aliphatic heterocycles. The number of amidine groups is 1. The molecule has 2 nitrogen and oxygen atoms in total. The van der Waals surface area contributed by atoms with E-state index in [4.69, 9.17) is 0 Å². The van der Waals surface area contributed by atoms with Crippen LogP contribution in [0.3, 0.4) is 0 Å². The molecule has 0 bridgehead atoms. The van der Waals surface area contributed by atoms with Crippen LogP contribution in [-0.2, 0) is 6.42 Å². The number of nitrogens with one attached hydrogen (secondary N) is 1. The van der Waals surface area contributed by atoms with E-state index in [-0.39, 0.29) is 0 Å². The lowest BCUT2D eigenvalue weighted by Crippen LogP contribution is -2.06. The second-order valence-electron chi connectivity index (χ2n) is 3.31. The average Bonchev–Trinajstić information content (AvgIpc) is 2.74. The van der Waals surface area contributed by atoms with Gasteiger partial charge in [-0.1, -0.05) is 36.0 Å². The molecule has 0 saturated heterocycles. The fourth-order valence-corrected chi connectivity index (χ4v) is 2.24. The Bertz CT molecular complexity index is 385. The summed E-state index contributed by atoms with van der Waals surface area (Å²) in [5.41, 5.74) is 2.41. The van der Waals surface area contributed by atoms with Crippen molar-refractivity contribution in [3.05, 3.63) is 42.5 Å². The number of nitrogens with zero attached hydrogens (tertiary/aromatic N) is 1. The fraction of sp³-hybridized carbons (Fsp3) is 0.250. The number of anilines is 1. The van der Waals surface area contributed by atoms with Gasteiger partial charge in [-0.3, -0.25) is 4.99 Å². The van der Waals surface area contributed by atoms with Gasteiger partial charge in [0.1, 0.15) is 0 Å². The molecular formula is C12H14N2S. The fourth-order valence-electron chi connectivity index (χ4n) is 1.50. The number of allylic oxidation sites excluding steroid dienone is 1. The highest BCUT2D eigenvalue weighted by molar-refractivity contribution is 8.14. The van der Waals surface area contributed by atoms with Crippen LogP contribution in [0.1, 0.15) is 5.56 Å². The zero-order chi connectivity index (χ0) is 10.5. The molecule has 0 radical (unpaired) electrons. The van der Waals surface area contributed by atoms with Crippen LogP contribution in [0.25, 0.3) is 0 Å². The first-order chi connectivity index (χ1) is 7.40. The third-order valence-electron chi connectivity index (χ3n) is 2.21. The zero-order valence-corrected chi connectivity index (χ0v) is 9.39. The molecule has 78 valence electrons. The van der Waals surface area contributed by atoms with E-state index in [1.54, 1.807) is 11.8 Å². The smallest absolute Gasteiger partial charge is 0.161 e. The molecule has 1 heterocycles. The van der Waals surface area contributed by atoms with Gasteiger partial charge in [-0.05, 0) is 18.1 Å². The van der Waals surface area contributed by atoms with Crippen molar-refractivity contribution in [2.45, 2.75) is 6.42 Å². The summed E-state index contributed by atoms with van der Waals surface area (Å²) in [7, 11) is 0. The number of para-hydroxylation sites is 1. The normalized spacial score (nSPS) is 14.8. The first kappa shape index (κ1) is 10.3. The minimum absolute atomic E-state index is 0.890. The van der Waals surface area contributed by atoms with E-state index in [1.807, 2.05) is 18.2 Å². The minimum Gasteiger partial charge on any atom is -0.335 e. The molecule has 0 fully saturated rings. The molecule has 1 aromatic carbocycles. The van der Waals surface area contributed by atoms with Crippen LogP contribution in [0, 0.1) is 0 Å². The number of hydrogen-bond donors (Lipinski definition) is 1. The van der Waals surface area contributed by atoms with Crippen molar-refractivity contribution in [3.63, 3.8) is 0 Å². The SMILES string of the molecule is C=CCc1ccccc1NC1=NCCS1. The van der Waals surface area contributed by atoms with Crippen molar-refractivity contribution in [1.29, 1.82) is 0 Å². The van der Waals surface area contributed by atoms with Gasteiger partial charge in [-0.25, -0.2) is 0 Å². The van der Waals surface area contributed by atoms with Gasteiger partial charge >= 0.3 is 0 Å². The minimum atomic E-state index is 0.890. The van der Waals surface area contributed by atoms with Gasteiger partial charge in [0.2, 0.25) is 0 Å². The molecule has 1 aliphatic rings. The topological polar surface area (TPSA) is 24.4 Å². The lowest BCUT2D eigenvalue weighted by atomic mass is 10.1. The summed E-state index contributed by atoms with van der Waals surface area (Å²) in [6.07, 6.45) is 2.81. The summed E-state index contributed by atoms with van der Waals surface area (Å²) >= 11 is 1.78. The Morgan fingerprint density at radius 3 is 3.07 bits per heavy atom. The number of aliphatic imine (C=N–C) groups is 1. The summed E-state index contributed by atoms with van der Waals surface area (Å²) in [6, 6.07) is 8.28. The number of benzene rings is 1. The average molecular weight is 218 g/mol. The maximum atomic E-state index is 4.37. The third-order valence-corrected chi connectivity index (χ3v) is 3.10. The van der Waals surface area contributed by atoms with E-state index < -0.39 is 0 Å². The van der Waals surface area contributed by atoms with Crippen LogP contribution in [-0.4, -0.2) is 17.5 Å². The molecule has 0 saturated carbocycles. The van der Waals surface area contributed by atoms with Gasteiger partial charge in [0, 0.05) is 11.4 Å². The highest BCUT2D eigenvalue weighted by Crippen LogP contribution is 2.20. The summed E-state index contributed by atoms with van der Waals surface area (Å²) in [6.45, 7) is 4.69. The van der Waals surface area contributed by atoms with Crippen LogP contribution in [0.4, 0.5) is 5.69 Å². The molecule has 0 atom stereocenters. The van der Waals surface area contributed by atoms with E-state index in [1.165, 1.54) is 5.56 Å². The van der Waals surface area contributed by atoms with Crippen molar-refractivity contribution in [2.24, 2.45) is 4.99 Å². The van der Waals surface area contributed by atoms with E-state index in [2.05, 4.69) is 29.0 Å². The maximum Gasteiger partial charge on any atom is 0.161 e. The first-order valence-corrected chi connectivity index (χ1v) is 6.02. The van der Waals surface area contributed by atoms with Crippen LogP contribution in [0.5, 0.6) is 0 Å². The second-order valence-corrected chi connectivity index (χ2v) is 4.39. The van der Waals surface area contributed by atoms with E-state index >= 15 is 0 Å². The van der Waals surface area contributed by atoms with Crippen LogP contribution in [0.15, 0.2) is 41.9 Å². The Kier molecular flexibility index (Phi) is 3.45. The van der Waals surface area contributed by atoms with Gasteiger partial charge < -0.3 is 5.32 Å². The molecule has 1 N–H and O–H groups in total. The van der Waals surface area contributed by atoms with Crippen molar-refractivity contribution in [2.75, 3.05) is 17.6 Å². The zero-order valence-electron chi connectivity index (χ0n) is 8.57. The monoisotopic (exact) mass is 218 g/mol. The molecule has 0 unspecified atom stereocenters. The Morgan fingerprint density at radius 1 is 1.47 bits per heavy atom. The molecular weight excluding hydrogens is 204 g/mol. The number of thioether (sulfide) groups is 1. The predicted molar refractivity (Wildman–Crippen MR) is 68.7 cm³/mol. The summed E-state index contributed by atoms with van der Waals surface area (Å²) in [4.78, 5) is 4.37. The molecule has 3 heteroatoms. The van der Waals surface area contributed by atoms with Crippen LogP contribution >= 0.6 is 11.8 Å². The highest BCUT2D eigenvalue weighted by Gasteiger charge is 2.08. The molecule has 15 heavy (non-hydrogen) atoms. The van der Waals surface area contributed by atoms with Gasteiger partial charge in [0.25, 0.3) is 0 Å². The first-order valence-electron chi connectivity index (χ1n) is 5.03. The molecule has 1 aromatic rings. The lowest BCUT2D eigenvalue weighted by molar-refractivity contribution is 1.17. The van der Waals surface area contributed by atoms with Crippen molar-refractivity contribution in [1.82, 2.24) is 0 Å². The molecule has 0 aliphatic carbocycles. The Morgan fingerprint density at radius 2 is 2.33 bits per heavy atom. The van der Waals surface area contributed by atoms with Gasteiger partial charge in [0.15, 0.2) is 5.17 Å². The van der Waals surface area contributed by atoms with Crippen LogP contribution < -0.4 is 5.32 Å². The van der Waals surface area contributed by atoms with Crippen molar-refractivity contribution < 1.29 is 0 Å².